The van der Waals surface area contributed by atoms with E-state index in [-0.39, 0.29) is 5.56 Å². The first kappa shape index (κ1) is 14.9. The maximum Gasteiger partial charge on any atom is 0.277 e. The van der Waals surface area contributed by atoms with E-state index in [1.54, 1.807) is 0 Å². The summed E-state index contributed by atoms with van der Waals surface area (Å²) in [5.74, 6) is 1.08. The Kier molecular flexibility index (Phi) is 3.78. The molecule has 1 aliphatic heterocycles. The third-order valence-corrected chi connectivity index (χ3v) is 4.32. The Bertz CT molecular complexity index is 910. The summed E-state index contributed by atoms with van der Waals surface area (Å²) in [6, 6.07) is 9.94. The highest BCUT2D eigenvalue weighted by Gasteiger charge is 2.18. The molecule has 0 atom stereocenters. The van der Waals surface area contributed by atoms with Gasteiger partial charge in [-0.15, -0.1) is 0 Å². The van der Waals surface area contributed by atoms with Gasteiger partial charge in [-0.3, -0.25) is 9.89 Å². The quantitative estimate of drug-likeness (QED) is 0.782. The van der Waals surface area contributed by atoms with Crippen LogP contribution in [0.2, 0.25) is 0 Å². The topological polar surface area (TPSA) is 75.5 Å². The lowest BCUT2D eigenvalue weighted by molar-refractivity contribution is 0.122. The van der Waals surface area contributed by atoms with Crippen molar-refractivity contribution in [3.05, 3.63) is 57.5 Å². The van der Waals surface area contributed by atoms with Gasteiger partial charge in [-0.05, 0) is 12.5 Å². The van der Waals surface area contributed by atoms with Gasteiger partial charge in [0.1, 0.15) is 0 Å². The molecule has 0 spiro atoms. The Morgan fingerprint density at radius 1 is 1.17 bits per heavy atom. The van der Waals surface area contributed by atoms with Gasteiger partial charge in [-0.2, -0.15) is 9.50 Å². The molecule has 1 fully saturated rings. The van der Waals surface area contributed by atoms with E-state index in [2.05, 4.69) is 20.0 Å². The van der Waals surface area contributed by atoms with Crippen molar-refractivity contribution in [1.29, 1.82) is 0 Å². The fourth-order valence-corrected chi connectivity index (χ4v) is 2.96. The average Bonchev–Trinajstić information content (AvgIpc) is 3.04. The molecule has 24 heavy (non-hydrogen) atoms. The van der Waals surface area contributed by atoms with Gasteiger partial charge in [0.15, 0.2) is 0 Å². The van der Waals surface area contributed by atoms with E-state index in [0.29, 0.717) is 36.9 Å². The van der Waals surface area contributed by atoms with Crippen LogP contribution in [0.3, 0.4) is 0 Å². The second-order valence-corrected chi connectivity index (χ2v) is 5.93. The minimum absolute atomic E-state index is 0.0895. The van der Waals surface area contributed by atoms with Crippen molar-refractivity contribution in [2.24, 2.45) is 0 Å². The first-order chi connectivity index (χ1) is 11.7. The summed E-state index contributed by atoms with van der Waals surface area (Å²) in [6.45, 7) is 4.70. The third kappa shape index (κ3) is 2.67. The van der Waals surface area contributed by atoms with E-state index in [1.807, 2.05) is 37.3 Å². The van der Waals surface area contributed by atoms with Crippen molar-refractivity contribution in [1.82, 2.24) is 19.6 Å². The maximum absolute atomic E-state index is 12.9. The summed E-state index contributed by atoms with van der Waals surface area (Å²) < 4.78 is 6.80. The highest BCUT2D eigenvalue weighted by molar-refractivity contribution is 5.42. The number of benzene rings is 1. The molecule has 0 unspecified atom stereocenters. The van der Waals surface area contributed by atoms with E-state index in [9.17, 15) is 4.79 Å². The van der Waals surface area contributed by atoms with Gasteiger partial charge in [0.2, 0.25) is 5.95 Å². The molecule has 1 N–H and O–H groups in total. The van der Waals surface area contributed by atoms with Gasteiger partial charge in [0.05, 0.1) is 18.9 Å². The Balaban J connectivity index is 1.74. The molecular weight excluding hydrogens is 306 g/mol. The Labute approximate surface area is 138 Å². The van der Waals surface area contributed by atoms with Crippen LogP contribution in [0.1, 0.15) is 16.8 Å². The van der Waals surface area contributed by atoms with Gasteiger partial charge in [-0.1, -0.05) is 30.3 Å². The molecule has 7 heteroatoms. The predicted molar refractivity (Wildman–Crippen MR) is 90.6 cm³/mol. The largest absolute Gasteiger partial charge is 0.378 e. The van der Waals surface area contributed by atoms with E-state index < -0.39 is 0 Å². The van der Waals surface area contributed by atoms with E-state index in [0.717, 1.165) is 24.3 Å². The van der Waals surface area contributed by atoms with Gasteiger partial charge >= 0.3 is 0 Å². The zero-order valence-electron chi connectivity index (χ0n) is 13.5. The number of ether oxygens (including phenoxy) is 1. The number of hydrogen-bond donors (Lipinski definition) is 1. The Hall–Kier alpha value is -2.67. The maximum atomic E-state index is 12.9. The molecule has 7 nitrogen and oxygen atoms in total. The van der Waals surface area contributed by atoms with Crippen LogP contribution in [-0.2, 0) is 11.2 Å². The number of nitrogens with zero attached hydrogens (tertiary/aromatic N) is 4. The standard InChI is InChI=1S/C17H19N5O2/c1-12-14(11-13-5-3-2-4-6-13)15(23)22-16(18-12)19-17(20-22)21-7-9-24-10-8-21/h2-6H,7-11H2,1H3,(H,18,19,20). The smallest absolute Gasteiger partial charge is 0.277 e. The van der Waals surface area contributed by atoms with Crippen molar-refractivity contribution in [3.63, 3.8) is 0 Å². The number of aromatic nitrogens is 4. The second-order valence-electron chi connectivity index (χ2n) is 5.93. The fraction of sp³-hybridized carbons (Fsp3) is 0.353. The van der Waals surface area contributed by atoms with Crippen molar-refractivity contribution in [3.8, 4) is 0 Å². The molecule has 1 saturated heterocycles. The highest BCUT2D eigenvalue weighted by atomic mass is 16.5. The van der Waals surface area contributed by atoms with Gasteiger partial charge in [0, 0.05) is 25.1 Å². The lowest BCUT2D eigenvalue weighted by Crippen LogP contribution is -2.37. The van der Waals surface area contributed by atoms with Crippen molar-refractivity contribution >= 4 is 11.7 Å². The molecule has 0 bridgehead atoms. The number of hydrogen-bond acceptors (Lipinski definition) is 5. The van der Waals surface area contributed by atoms with Crippen LogP contribution in [0.25, 0.3) is 5.78 Å². The Morgan fingerprint density at radius 2 is 1.92 bits per heavy atom. The summed E-state index contributed by atoms with van der Waals surface area (Å²) in [4.78, 5) is 23.9. The monoisotopic (exact) mass is 325 g/mol. The average molecular weight is 325 g/mol. The lowest BCUT2D eigenvalue weighted by Gasteiger charge is -2.25. The van der Waals surface area contributed by atoms with E-state index >= 15 is 0 Å². The molecule has 1 aromatic carbocycles. The van der Waals surface area contributed by atoms with Crippen LogP contribution in [0.15, 0.2) is 35.1 Å². The number of nitrogens with one attached hydrogen (secondary N) is 1. The zero-order valence-corrected chi connectivity index (χ0v) is 13.5. The third-order valence-electron chi connectivity index (χ3n) is 4.32. The van der Waals surface area contributed by atoms with Crippen LogP contribution >= 0.6 is 0 Å². The first-order valence-corrected chi connectivity index (χ1v) is 8.07. The van der Waals surface area contributed by atoms with Crippen LogP contribution in [0.5, 0.6) is 0 Å². The molecular formula is C17H19N5O2. The minimum Gasteiger partial charge on any atom is -0.378 e. The fourth-order valence-electron chi connectivity index (χ4n) is 2.96. The van der Waals surface area contributed by atoms with E-state index in [1.165, 1.54) is 4.52 Å². The molecule has 0 saturated carbocycles. The molecule has 2 aromatic heterocycles. The van der Waals surface area contributed by atoms with Crippen LogP contribution in [-0.4, -0.2) is 45.9 Å². The number of anilines is 1. The molecule has 3 heterocycles. The van der Waals surface area contributed by atoms with Crippen molar-refractivity contribution in [2.45, 2.75) is 13.3 Å². The SMILES string of the molecule is Cc1nc2nc(N3CCOCC3)[nH]n2c(=O)c1Cc1ccccc1. The second kappa shape index (κ2) is 6.09. The van der Waals surface area contributed by atoms with Gasteiger partial charge < -0.3 is 9.64 Å². The first-order valence-electron chi connectivity index (χ1n) is 8.07. The number of morpholine rings is 1. The highest BCUT2D eigenvalue weighted by Crippen LogP contribution is 2.13. The number of aromatic amines is 1. The molecule has 3 aromatic rings. The molecule has 124 valence electrons. The van der Waals surface area contributed by atoms with Crippen molar-refractivity contribution < 1.29 is 4.74 Å². The summed E-state index contributed by atoms with van der Waals surface area (Å²) in [5.41, 5.74) is 2.42. The van der Waals surface area contributed by atoms with Gasteiger partial charge in [0.25, 0.3) is 11.3 Å². The predicted octanol–water partition coefficient (Wildman–Crippen LogP) is 1.15. The normalized spacial score (nSPS) is 15.1. The lowest BCUT2D eigenvalue weighted by atomic mass is 10.1. The Morgan fingerprint density at radius 3 is 2.67 bits per heavy atom. The number of fused-ring (bicyclic) bond motifs is 1. The molecule has 0 aliphatic carbocycles. The molecule has 0 amide bonds. The number of rotatable bonds is 3. The molecule has 0 radical (unpaired) electrons. The molecule has 4 rings (SSSR count). The van der Waals surface area contributed by atoms with E-state index in [4.69, 9.17) is 4.74 Å². The summed E-state index contributed by atoms with van der Waals surface area (Å²) in [6.07, 6.45) is 0.563. The number of aryl methyl sites for hydroxylation is 1. The van der Waals surface area contributed by atoms with Crippen LogP contribution in [0, 0.1) is 6.92 Å². The van der Waals surface area contributed by atoms with Crippen molar-refractivity contribution in [2.75, 3.05) is 31.2 Å². The molecule has 1 aliphatic rings. The summed E-state index contributed by atoms with van der Waals surface area (Å²) in [5, 5.41) is 3.09. The number of H-pyrrole nitrogens is 1. The van der Waals surface area contributed by atoms with Crippen LogP contribution < -0.4 is 10.5 Å². The summed E-state index contributed by atoms with van der Waals surface area (Å²) in [7, 11) is 0. The van der Waals surface area contributed by atoms with Crippen LogP contribution in [0.4, 0.5) is 5.95 Å². The van der Waals surface area contributed by atoms with Gasteiger partial charge in [-0.25, -0.2) is 4.98 Å². The zero-order chi connectivity index (χ0) is 16.5. The minimum atomic E-state index is -0.0895. The summed E-state index contributed by atoms with van der Waals surface area (Å²) >= 11 is 0.